The third kappa shape index (κ3) is 6.15. The number of allylic oxidation sites excluding steroid dienone is 1. The van der Waals surface area contributed by atoms with E-state index in [0.717, 1.165) is 46.6 Å². The summed E-state index contributed by atoms with van der Waals surface area (Å²) in [5.74, 6) is 0.705. The largest absolute Gasteiger partial charge is 0.310 e. The average molecular weight is 793 g/mol. The molecule has 0 radical (unpaired) electrons. The summed E-state index contributed by atoms with van der Waals surface area (Å²) in [5, 5.41) is 3.80. The van der Waals surface area contributed by atoms with Crippen molar-refractivity contribution in [1.29, 1.82) is 0 Å². The van der Waals surface area contributed by atoms with E-state index in [1.54, 1.807) is 0 Å². The molecule has 3 heterocycles. The molecule has 0 saturated heterocycles. The zero-order chi connectivity index (χ0) is 41.0. The minimum atomic E-state index is 0.705. The molecule has 4 heteroatoms. The molecule has 8 aromatic carbocycles. The van der Waals surface area contributed by atoms with Gasteiger partial charge in [-0.3, -0.25) is 0 Å². The summed E-state index contributed by atoms with van der Waals surface area (Å²) in [6.45, 7) is 0. The molecule has 0 spiro atoms. The van der Waals surface area contributed by atoms with Gasteiger partial charge in [-0.25, -0.2) is 9.97 Å². The van der Waals surface area contributed by atoms with Crippen molar-refractivity contribution in [1.82, 2.24) is 19.1 Å². The van der Waals surface area contributed by atoms with E-state index in [1.165, 1.54) is 71.9 Å². The van der Waals surface area contributed by atoms with E-state index in [4.69, 9.17) is 9.97 Å². The fourth-order valence-corrected chi connectivity index (χ4v) is 9.41. The van der Waals surface area contributed by atoms with Crippen LogP contribution in [-0.2, 0) is 6.42 Å². The smallest absolute Gasteiger partial charge is 0.160 e. The van der Waals surface area contributed by atoms with Gasteiger partial charge in [-0.05, 0) is 101 Å². The molecule has 3 aromatic heterocycles. The molecule has 1 aliphatic rings. The zero-order valence-electron chi connectivity index (χ0n) is 34.0. The monoisotopic (exact) mass is 792 g/mol. The molecular formula is C58H40N4. The van der Waals surface area contributed by atoms with Crippen LogP contribution in [0.15, 0.2) is 212 Å². The number of hydrogen-bond donors (Lipinski definition) is 0. The first-order valence-electron chi connectivity index (χ1n) is 21.4. The van der Waals surface area contributed by atoms with Gasteiger partial charge in [0.15, 0.2) is 5.82 Å². The normalized spacial score (nSPS) is 12.3. The molecule has 1 aliphatic carbocycles. The van der Waals surface area contributed by atoms with Crippen molar-refractivity contribution in [2.45, 2.75) is 12.8 Å². The molecule has 0 atom stereocenters. The van der Waals surface area contributed by atoms with Gasteiger partial charge < -0.3 is 9.13 Å². The quantitative estimate of drug-likeness (QED) is 0.161. The van der Waals surface area contributed by atoms with Crippen molar-refractivity contribution in [3.63, 3.8) is 0 Å². The van der Waals surface area contributed by atoms with Gasteiger partial charge >= 0.3 is 0 Å². The first-order valence-corrected chi connectivity index (χ1v) is 21.4. The predicted octanol–water partition coefficient (Wildman–Crippen LogP) is 14.8. The second-order valence-electron chi connectivity index (χ2n) is 16.1. The number of aromatic nitrogens is 4. The second kappa shape index (κ2) is 14.9. The summed E-state index contributed by atoms with van der Waals surface area (Å²) in [6, 6.07) is 73.8. The Bertz CT molecular complexity index is 3470. The van der Waals surface area contributed by atoms with Crippen LogP contribution in [0, 0.1) is 0 Å². The highest BCUT2D eigenvalue weighted by Gasteiger charge is 2.20. The molecule has 12 rings (SSSR count). The van der Waals surface area contributed by atoms with E-state index in [2.05, 4.69) is 203 Å². The fraction of sp³-hybridized carbons (Fsp3) is 0.0345. The van der Waals surface area contributed by atoms with E-state index in [0.29, 0.717) is 5.82 Å². The van der Waals surface area contributed by atoms with E-state index in [1.807, 2.05) is 24.3 Å². The lowest BCUT2D eigenvalue weighted by Gasteiger charge is -2.12. The maximum atomic E-state index is 5.13. The molecule has 11 aromatic rings. The van der Waals surface area contributed by atoms with Gasteiger partial charge in [0.1, 0.15) is 0 Å². The molecule has 0 amide bonds. The molecule has 0 saturated carbocycles. The summed E-state index contributed by atoms with van der Waals surface area (Å²) >= 11 is 0. The van der Waals surface area contributed by atoms with Crippen LogP contribution >= 0.6 is 0 Å². The Kier molecular flexibility index (Phi) is 8.60. The highest BCUT2D eigenvalue weighted by Crippen LogP contribution is 2.39. The Balaban J connectivity index is 0.931. The first-order chi connectivity index (χ1) is 30.7. The highest BCUT2D eigenvalue weighted by atomic mass is 15.0. The predicted molar refractivity (Wildman–Crippen MR) is 258 cm³/mol. The number of nitrogens with zero attached hydrogens (tertiary/aromatic N) is 4. The first kappa shape index (κ1) is 35.8. The van der Waals surface area contributed by atoms with Gasteiger partial charge in [-0.1, -0.05) is 158 Å². The summed E-state index contributed by atoms with van der Waals surface area (Å²) in [6.07, 6.45) is 6.75. The molecule has 292 valence electrons. The SMILES string of the molecule is C1=Cc2c(c3ccc(-c4ccc5c(c4)c4ccccc4n5-c4ccc(-c5cc(-c6ccc(-c7ccccc7)cc6)nc(-c6ccccc6)n5)cc4)cc3n2-c2ccccc2)CC1. The highest BCUT2D eigenvalue weighted by molar-refractivity contribution is 6.10. The van der Waals surface area contributed by atoms with Crippen molar-refractivity contribution in [2.24, 2.45) is 0 Å². The Labute approximate surface area is 360 Å². The van der Waals surface area contributed by atoms with Crippen molar-refractivity contribution in [3.05, 3.63) is 224 Å². The van der Waals surface area contributed by atoms with E-state index >= 15 is 0 Å². The number of para-hydroxylation sites is 2. The Morgan fingerprint density at radius 2 is 0.903 bits per heavy atom. The van der Waals surface area contributed by atoms with Gasteiger partial charge in [0, 0.05) is 49.9 Å². The van der Waals surface area contributed by atoms with Gasteiger partial charge in [-0.2, -0.15) is 0 Å². The zero-order valence-corrected chi connectivity index (χ0v) is 34.0. The molecular weight excluding hydrogens is 753 g/mol. The van der Waals surface area contributed by atoms with Crippen molar-refractivity contribution in [2.75, 3.05) is 0 Å². The number of fused-ring (bicyclic) bond motifs is 6. The topological polar surface area (TPSA) is 35.6 Å². The fourth-order valence-electron chi connectivity index (χ4n) is 9.41. The van der Waals surface area contributed by atoms with Gasteiger partial charge in [-0.15, -0.1) is 0 Å². The number of hydrogen-bond acceptors (Lipinski definition) is 2. The van der Waals surface area contributed by atoms with E-state index in [-0.39, 0.29) is 0 Å². The summed E-state index contributed by atoms with van der Waals surface area (Å²) in [4.78, 5) is 10.2. The van der Waals surface area contributed by atoms with Crippen LogP contribution in [0.25, 0.3) is 106 Å². The maximum Gasteiger partial charge on any atom is 0.160 e. The molecule has 0 unspecified atom stereocenters. The molecule has 0 fully saturated rings. The number of benzene rings is 8. The van der Waals surface area contributed by atoms with Crippen LogP contribution in [0.5, 0.6) is 0 Å². The summed E-state index contributed by atoms with van der Waals surface area (Å²) < 4.78 is 4.82. The lowest BCUT2D eigenvalue weighted by atomic mass is 9.98. The molecule has 0 aliphatic heterocycles. The van der Waals surface area contributed by atoms with Crippen LogP contribution in [0.4, 0.5) is 0 Å². The third-order valence-electron chi connectivity index (χ3n) is 12.4. The van der Waals surface area contributed by atoms with Gasteiger partial charge in [0.05, 0.1) is 27.9 Å². The minimum Gasteiger partial charge on any atom is -0.310 e. The lowest BCUT2D eigenvalue weighted by molar-refractivity contribution is 0.967. The summed E-state index contributed by atoms with van der Waals surface area (Å²) in [7, 11) is 0. The maximum absolute atomic E-state index is 5.13. The molecule has 4 nitrogen and oxygen atoms in total. The standard InChI is InChI=1S/C58H40N4/c1-4-14-39(15-5-1)40-24-26-41(27-25-40)52-38-53(60-58(59-52)43-16-6-2-7-17-43)42-28-32-47(33-29-42)61-55-23-13-11-21-49(55)51-36-44(31-35-56(51)61)45-30-34-50-48-20-10-12-22-54(48)62(57(50)37-45)46-18-8-3-9-19-46/h1-9,11-19,21-38H,10,20H2. The van der Waals surface area contributed by atoms with Crippen molar-refractivity contribution < 1.29 is 0 Å². The summed E-state index contributed by atoms with van der Waals surface area (Å²) in [5.41, 5.74) is 18.2. The van der Waals surface area contributed by atoms with Crippen LogP contribution in [0.3, 0.4) is 0 Å². The average Bonchev–Trinajstić information content (AvgIpc) is 3.87. The Morgan fingerprint density at radius 3 is 1.65 bits per heavy atom. The van der Waals surface area contributed by atoms with Crippen molar-refractivity contribution >= 4 is 38.8 Å². The van der Waals surface area contributed by atoms with Crippen LogP contribution in [0.2, 0.25) is 0 Å². The van der Waals surface area contributed by atoms with Crippen LogP contribution in [-0.4, -0.2) is 19.1 Å². The van der Waals surface area contributed by atoms with Crippen LogP contribution < -0.4 is 0 Å². The van der Waals surface area contributed by atoms with E-state index < -0.39 is 0 Å². The number of aryl methyl sites for hydroxylation is 1. The van der Waals surface area contributed by atoms with Crippen molar-refractivity contribution in [3.8, 4) is 67.5 Å². The Hall–Kier alpha value is -8.08. The molecule has 0 bridgehead atoms. The Morgan fingerprint density at radius 1 is 0.355 bits per heavy atom. The van der Waals surface area contributed by atoms with Crippen LogP contribution in [0.1, 0.15) is 17.7 Å². The minimum absolute atomic E-state index is 0.705. The molecule has 62 heavy (non-hydrogen) atoms. The van der Waals surface area contributed by atoms with Gasteiger partial charge in [0.25, 0.3) is 0 Å². The number of rotatable bonds is 7. The van der Waals surface area contributed by atoms with Gasteiger partial charge in [0.2, 0.25) is 0 Å². The lowest BCUT2D eigenvalue weighted by Crippen LogP contribution is -1.99. The second-order valence-corrected chi connectivity index (χ2v) is 16.1. The molecule has 0 N–H and O–H groups in total. The van der Waals surface area contributed by atoms with E-state index in [9.17, 15) is 0 Å². The third-order valence-corrected chi connectivity index (χ3v) is 12.4.